The molecule has 23 heavy (non-hydrogen) atoms. The number of amides is 1. The Hall–Kier alpha value is -2.96. The van der Waals surface area contributed by atoms with Crippen molar-refractivity contribution in [2.45, 2.75) is 26.4 Å². The third-order valence-electron chi connectivity index (χ3n) is 3.38. The van der Waals surface area contributed by atoms with Gasteiger partial charge in [-0.25, -0.2) is 9.67 Å². The monoisotopic (exact) mass is 310 g/mol. The van der Waals surface area contributed by atoms with Crippen LogP contribution in [0.3, 0.4) is 0 Å². The first kappa shape index (κ1) is 15.0. The normalized spacial score (nSPS) is 10.7. The third kappa shape index (κ3) is 4.03. The Kier molecular flexibility index (Phi) is 4.46. The van der Waals surface area contributed by atoms with Gasteiger partial charge in [0.2, 0.25) is 5.91 Å². The van der Waals surface area contributed by atoms with Crippen LogP contribution < -0.4 is 5.32 Å². The highest BCUT2D eigenvalue weighted by molar-refractivity contribution is 5.89. The number of hydrogen-bond acceptors (Lipinski definition) is 4. The van der Waals surface area contributed by atoms with E-state index >= 15 is 0 Å². The molecule has 1 aromatic carbocycles. The summed E-state index contributed by atoms with van der Waals surface area (Å²) in [5, 5.41) is 11.3. The summed E-state index contributed by atoms with van der Waals surface area (Å²) in [5.41, 5.74) is 2.00. The van der Waals surface area contributed by atoms with Crippen LogP contribution in [0, 0.1) is 6.92 Å². The largest absolute Gasteiger partial charge is 0.311 e. The van der Waals surface area contributed by atoms with Crippen molar-refractivity contribution in [3.8, 4) is 0 Å². The highest BCUT2D eigenvalue weighted by Crippen LogP contribution is 2.13. The van der Waals surface area contributed by atoms with Gasteiger partial charge in [0.1, 0.15) is 18.5 Å². The average molecular weight is 310 g/mol. The molecule has 0 fully saturated rings. The lowest BCUT2D eigenvalue weighted by molar-refractivity contribution is -0.116. The molecule has 0 radical (unpaired) electrons. The van der Waals surface area contributed by atoms with Crippen LogP contribution >= 0.6 is 0 Å². The van der Waals surface area contributed by atoms with Gasteiger partial charge in [0.05, 0.1) is 18.8 Å². The maximum absolute atomic E-state index is 12.1. The number of carbonyl (C=O) groups excluding carboxylic acids is 1. The molecule has 2 aromatic heterocycles. The molecule has 1 amide bonds. The van der Waals surface area contributed by atoms with Gasteiger partial charge in [-0.3, -0.25) is 9.48 Å². The van der Waals surface area contributed by atoms with E-state index in [0.717, 1.165) is 11.3 Å². The molecule has 3 rings (SSSR count). The number of aryl methyl sites for hydroxylation is 2. The highest BCUT2D eigenvalue weighted by Gasteiger charge is 2.10. The van der Waals surface area contributed by atoms with E-state index in [4.69, 9.17) is 0 Å². The maximum Gasteiger partial charge on any atom is 0.227 e. The summed E-state index contributed by atoms with van der Waals surface area (Å²) in [6, 6.07) is 11.9. The molecule has 7 nitrogen and oxygen atoms in total. The summed E-state index contributed by atoms with van der Waals surface area (Å²) in [4.78, 5) is 16.0. The Labute approximate surface area is 134 Å². The molecule has 118 valence electrons. The summed E-state index contributed by atoms with van der Waals surface area (Å²) in [5.74, 6) is 0.629. The second-order valence-corrected chi connectivity index (χ2v) is 5.27. The molecule has 1 N–H and O–H groups in total. The molecule has 0 aliphatic heterocycles. The fraction of sp³-hybridized carbons (Fsp3) is 0.250. The zero-order valence-electron chi connectivity index (χ0n) is 12.9. The number of aromatic nitrogens is 5. The minimum Gasteiger partial charge on any atom is -0.311 e. The lowest BCUT2D eigenvalue weighted by atomic mass is 10.2. The van der Waals surface area contributed by atoms with Crippen molar-refractivity contribution < 1.29 is 4.79 Å². The van der Waals surface area contributed by atoms with Crippen LogP contribution in [-0.2, 0) is 17.9 Å². The van der Waals surface area contributed by atoms with E-state index in [1.807, 2.05) is 43.3 Å². The molecule has 0 atom stereocenters. The predicted octanol–water partition coefficient (Wildman–Crippen LogP) is 1.86. The molecular formula is C16H18N6O. The van der Waals surface area contributed by atoms with Crippen LogP contribution in [0.1, 0.15) is 17.7 Å². The SMILES string of the molecule is Cc1cc(NC(=O)CCn2cncn2)n(Cc2ccccc2)n1. The van der Waals surface area contributed by atoms with Gasteiger partial charge in [0.25, 0.3) is 0 Å². The molecular weight excluding hydrogens is 292 g/mol. The summed E-state index contributed by atoms with van der Waals surface area (Å²) in [6.45, 7) is 3.03. The molecule has 0 saturated heterocycles. The number of hydrogen-bond donors (Lipinski definition) is 1. The van der Waals surface area contributed by atoms with Crippen molar-refractivity contribution in [2.24, 2.45) is 0 Å². The summed E-state index contributed by atoms with van der Waals surface area (Å²) in [6.07, 6.45) is 3.38. The molecule has 0 aliphatic rings. The van der Waals surface area contributed by atoms with Crippen LogP contribution in [0.4, 0.5) is 5.82 Å². The molecule has 0 unspecified atom stereocenters. The van der Waals surface area contributed by atoms with E-state index in [1.165, 1.54) is 6.33 Å². The predicted molar refractivity (Wildman–Crippen MR) is 85.8 cm³/mol. The molecule has 0 aliphatic carbocycles. The van der Waals surface area contributed by atoms with E-state index in [-0.39, 0.29) is 5.91 Å². The smallest absolute Gasteiger partial charge is 0.227 e. The molecule has 3 aromatic rings. The number of benzene rings is 1. The Balaban J connectivity index is 1.64. The van der Waals surface area contributed by atoms with Gasteiger partial charge in [0.15, 0.2) is 0 Å². The van der Waals surface area contributed by atoms with Crippen molar-refractivity contribution >= 4 is 11.7 Å². The Morgan fingerprint density at radius 3 is 2.83 bits per heavy atom. The van der Waals surface area contributed by atoms with Gasteiger partial charge < -0.3 is 5.32 Å². The van der Waals surface area contributed by atoms with Gasteiger partial charge in [-0.05, 0) is 12.5 Å². The standard InChI is InChI=1S/C16H18N6O/c1-13-9-15(19-16(23)7-8-21-12-17-11-18-21)22(20-13)10-14-5-3-2-4-6-14/h2-6,9,11-12H,7-8,10H2,1H3,(H,19,23). The van der Waals surface area contributed by atoms with Crippen LogP contribution in [0.5, 0.6) is 0 Å². The Morgan fingerprint density at radius 1 is 1.26 bits per heavy atom. The Bertz CT molecular complexity index is 763. The minimum atomic E-state index is -0.0743. The highest BCUT2D eigenvalue weighted by atomic mass is 16.1. The number of carbonyl (C=O) groups is 1. The Morgan fingerprint density at radius 2 is 2.09 bits per heavy atom. The first-order chi connectivity index (χ1) is 11.2. The van der Waals surface area contributed by atoms with E-state index in [0.29, 0.717) is 25.3 Å². The zero-order chi connectivity index (χ0) is 16.1. The van der Waals surface area contributed by atoms with Crippen LogP contribution in [0.15, 0.2) is 49.1 Å². The van der Waals surface area contributed by atoms with Crippen LogP contribution in [0.2, 0.25) is 0 Å². The summed E-state index contributed by atoms with van der Waals surface area (Å²) < 4.78 is 3.43. The minimum absolute atomic E-state index is 0.0743. The fourth-order valence-corrected chi connectivity index (χ4v) is 2.29. The first-order valence-electron chi connectivity index (χ1n) is 7.41. The lowest BCUT2D eigenvalue weighted by Gasteiger charge is -2.09. The zero-order valence-corrected chi connectivity index (χ0v) is 12.9. The van der Waals surface area contributed by atoms with Crippen LogP contribution in [-0.4, -0.2) is 30.5 Å². The van der Waals surface area contributed by atoms with E-state index in [2.05, 4.69) is 20.5 Å². The van der Waals surface area contributed by atoms with E-state index in [1.54, 1.807) is 15.7 Å². The van der Waals surface area contributed by atoms with Gasteiger partial charge in [-0.15, -0.1) is 0 Å². The van der Waals surface area contributed by atoms with Crippen molar-refractivity contribution in [3.63, 3.8) is 0 Å². The maximum atomic E-state index is 12.1. The van der Waals surface area contributed by atoms with Gasteiger partial charge in [-0.1, -0.05) is 30.3 Å². The topological polar surface area (TPSA) is 77.6 Å². The molecule has 7 heteroatoms. The second kappa shape index (κ2) is 6.87. The van der Waals surface area contributed by atoms with Crippen molar-refractivity contribution in [1.82, 2.24) is 24.5 Å². The van der Waals surface area contributed by atoms with Crippen molar-refractivity contribution in [1.29, 1.82) is 0 Å². The second-order valence-electron chi connectivity index (χ2n) is 5.27. The van der Waals surface area contributed by atoms with Gasteiger partial charge >= 0.3 is 0 Å². The fourth-order valence-electron chi connectivity index (χ4n) is 2.29. The van der Waals surface area contributed by atoms with Crippen molar-refractivity contribution in [2.75, 3.05) is 5.32 Å². The van der Waals surface area contributed by atoms with Crippen LogP contribution in [0.25, 0.3) is 0 Å². The average Bonchev–Trinajstić information content (AvgIpc) is 3.17. The number of nitrogens with zero attached hydrogens (tertiary/aromatic N) is 5. The number of anilines is 1. The molecule has 0 spiro atoms. The van der Waals surface area contributed by atoms with Crippen molar-refractivity contribution in [3.05, 3.63) is 60.3 Å². The third-order valence-corrected chi connectivity index (χ3v) is 3.38. The molecule has 0 bridgehead atoms. The van der Waals surface area contributed by atoms with Gasteiger partial charge in [-0.2, -0.15) is 10.2 Å². The molecule has 2 heterocycles. The van der Waals surface area contributed by atoms with Gasteiger partial charge in [0, 0.05) is 12.5 Å². The molecule has 0 saturated carbocycles. The summed E-state index contributed by atoms with van der Waals surface area (Å²) in [7, 11) is 0. The summed E-state index contributed by atoms with van der Waals surface area (Å²) >= 11 is 0. The first-order valence-corrected chi connectivity index (χ1v) is 7.41. The number of nitrogens with one attached hydrogen (secondary N) is 1. The number of rotatable bonds is 6. The lowest BCUT2D eigenvalue weighted by Crippen LogP contribution is -2.18. The van der Waals surface area contributed by atoms with E-state index in [9.17, 15) is 4.79 Å². The quantitative estimate of drug-likeness (QED) is 0.754. The van der Waals surface area contributed by atoms with E-state index < -0.39 is 0 Å².